The first-order chi connectivity index (χ1) is 9.84. The normalized spacial score (nSPS) is 19.6. The molecule has 1 aromatic heterocycles. The van der Waals surface area contributed by atoms with Crippen LogP contribution in [0.2, 0.25) is 0 Å². The molecule has 3 rings (SSSR count). The molecule has 3 nitrogen and oxygen atoms in total. The number of thioether (sulfide) groups is 1. The zero-order chi connectivity index (χ0) is 13.8. The van der Waals surface area contributed by atoms with Crippen molar-refractivity contribution in [2.75, 3.05) is 18.8 Å². The van der Waals surface area contributed by atoms with Gasteiger partial charge in [0, 0.05) is 24.1 Å². The fourth-order valence-corrected chi connectivity index (χ4v) is 3.70. The molecular weight excluding hydrogens is 270 g/mol. The van der Waals surface area contributed by atoms with Crippen molar-refractivity contribution in [1.82, 2.24) is 4.90 Å². The van der Waals surface area contributed by atoms with E-state index in [2.05, 4.69) is 24.3 Å². The lowest BCUT2D eigenvalue weighted by atomic mass is 10.1. The Labute approximate surface area is 123 Å². The molecule has 1 fully saturated rings. The van der Waals surface area contributed by atoms with Crippen LogP contribution in [0, 0.1) is 0 Å². The summed E-state index contributed by atoms with van der Waals surface area (Å²) >= 11 is 1.93. The Balaban J connectivity index is 1.67. The molecule has 104 valence electrons. The lowest BCUT2D eigenvalue weighted by Crippen LogP contribution is -2.32. The predicted octanol–water partition coefficient (Wildman–Crippen LogP) is 3.60. The van der Waals surface area contributed by atoms with Crippen molar-refractivity contribution in [3.05, 3.63) is 60.1 Å². The second-order valence-electron chi connectivity index (χ2n) is 4.83. The third-order valence-corrected chi connectivity index (χ3v) is 4.86. The maximum absolute atomic E-state index is 12.3. The molecule has 1 aliphatic rings. The summed E-state index contributed by atoms with van der Waals surface area (Å²) in [5, 5.41) is 0.477. The highest BCUT2D eigenvalue weighted by Crippen LogP contribution is 2.34. The van der Waals surface area contributed by atoms with E-state index in [4.69, 9.17) is 4.42 Å². The summed E-state index contributed by atoms with van der Waals surface area (Å²) in [4.78, 5) is 14.2. The van der Waals surface area contributed by atoms with Gasteiger partial charge in [-0.1, -0.05) is 30.3 Å². The zero-order valence-corrected chi connectivity index (χ0v) is 12.0. The minimum Gasteiger partial charge on any atom is -0.459 e. The van der Waals surface area contributed by atoms with Crippen LogP contribution in [0.1, 0.15) is 27.8 Å². The van der Waals surface area contributed by atoms with Crippen LogP contribution in [0.4, 0.5) is 0 Å². The molecule has 0 radical (unpaired) electrons. The van der Waals surface area contributed by atoms with Crippen LogP contribution in [0.25, 0.3) is 0 Å². The Morgan fingerprint density at radius 1 is 1.15 bits per heavy atom. The standard InChI is InChI=1S/C16H17NO2S/c18-16(14-7-4-11-19-14)17-9-8-15(20-12-10-17)13-5-2-1-3-6-13/h1-7,11,15H,8-10,12H2. The minimum atomic E-state index is 0.00399. The molecule has 2 aromatic rings. The molecule has 0 aliphatic carbocycles. The summed E-state index contributed by atoms with van der Waals surface area (Å²) < 4.78 is 5.20. The molecule has 0 spiro atoms. The summed E-state index contributed by atoms with van der Waals surface area (Å²) in [5.74, 6) is 1.41. The molecule has 1 amide bonds. The van der Waals surface area contributed by atoms with Gasteiger partial charge in [0.15, 0.2) is 5.76 Å². The third-order valence-electron chi connectivity index (χ3n) is 3.53. The van der Waals surface area contributed by atoms with Gasteiger partial charge >= 0.3 is 0 Å². The van der Waals surface area contributed by atoms with Gasteiger partial charge in [-0.05, 0) is 24.1 Å². The number of carbonyl (C=O) groups excluding carboxylic acids is 1. The van der Waals surface area contributed by atoms with E-state index in [1.54, 1.807) is 18.4 Å². The smallest absolute Gasteiger partial charge is 0.289 e. The number of rotatable bonds is 2. The van der Waals surface area contributed by atoms with E-state index in [1.807, 2.05) is 22.7 Å². The highest BCUT2D eigenvalue weighted by atomic mass is 32.2. The maximum atomic E-state index is 12.3. The third kappa shape index (κ3) is 2.90. The Bertz CT molecular complexity index is 553. The van der Waals surface area contributed by atoms with E-state index >= 15 is 0 Å². The molecule has 0 bridgehead atoms. The van der Waals surface area contributed by atoms with Crippen LogP contribution < -0.4 is 0 Å². The molecular formula is C16H17NO2S. The largest absolute Gasteiger partial charge is 0.459 e. The molecule has 1 atom stereocenters. The van der Waals surface area contributed by atoms with E-state index in [1.165, 1.54) is 5.56 Å². The van der Waals surface area contributed by atoms with Crippen LogP contribution in [-0.2, 0) is 0 Å². The zero-order valence-electron chi connectivity index (χ0n) is 11.2. The Morgan fingerprint density at radius 3 is 2.75 bits per heavy atom. The fraction of sp³-hybridized carbons (Fsp3) is 0.312. The quantitative estimate of drug-likeness (QED) is 0.846. The van der Waals surface area contributed by atoms with E-state index in [0.717, 1.165) is 25.3 Å². The van der Waals surface area contributed by atoms with Crippen LogP contribution in [-0.4, -0.2) is 29.6 Å². The minimum absolute atomic E-state index is 0.00399. The fourth-order valence-electron chi connectivity index (χ4n) is 2.46. The number of furan rings is 1. The van der Waals surface area contributed by atoms with Crippen molar-refractivity contribution < 1.29 is 9.21 Å². The molecule has 1 saturated heterocycles. The van der Waals surface area contributed by atoms with E-state index < -0.39 is 0 Å². The number of benzene rings is 1. The first kappa shape index (κ1) is 13.3. The van der Waals surface area contributed by atoms with Crippen molar-refractivity contribution >= 4 is 17.7 Å². The Hall–Kier alpha value is -1.68. The monoisotopic (exact) mass is 287 g/mol. The molecule has 0 saturated carbocycles. The van der Waals surface area contributed by atoms with Gasteiger partial charge in [0.25, 0.3) is 5.91 Å². The van der Waals surface area contributed by atoms with Crippen LogP contribution in [0.15, 0.2) is 53.1 Å². The number of amides is 1. The van der Waals surface area contributed by atoms with E-state index in [9.17, 15) is 4.79 Å². The van der Waals surface area contributed by atoms with Crippen molar-refractivity contribution in [2.24, 2.45) is 0 Å². The number of carbonyl (C=O) groups is 1. The van der Waals surface area contributed by atoms with Gasteiger partial charge < -0.3 is 9.32 Å². The highest BCUT2D eigenvalue weighted by Gasteiger charge is 2.23. The van der Waals surface area contributed by atoms with Gasteiger partial charge in [-0.2, -0.15) is 11.8 Å². The summed E-state index contributed by atoms with van der Waals surface area (Å²) in [5.41, 5.74) is 1.35. The Morgan fingerprint density at radius 2 is 2.00 bits per heavy atom. The number of hydrogen-bond acceptors (Lipinski definition) is 3. The topological polar surface area (TPSA) is 33.5 Å². The van der Waals surface area contributed by atoms with Crippen molar-refractivity contribution in [2.45, 2.75) is 11.7 Å². The van der Waals surface area contributed by atoms with Crippen molar-refractivity contribution in [3.63, 3.8) is 0 Å². The molecule has 4 heteroatoms. The summed E-state index contributed by atoms with van der Waals surface area (Å²) in [6.45, 7) is 1.57. The van der Waals surface area contributed by atoms with E-state index in [0.29, 0.717) is 11.0 Å². The number of nitrogens with zero attached hydrogens (tertiary/aromatic N) is 1. The summed E-state index contributed by atoms with van der Waals surface area (Å²) in [6.07, 6.45) is 2.54. The van der Waals surface area contributed by atoms with Crippen LogP contribution in [0.5, 0.6) is 0 Å². The molecule has 1 aromatic carbocycles. The lowest BCUT2D eigenvalue weighted by Gasteiger charge is -2.19. The van der Waals surface area contributed by atoms with Crippen LogP contribution >= 0.6 is 11.8 Å². The van der Waals surface area contributed by atoms with Gasteiger partial charge in [0.05, 0.1) is 6.26 Å². The van der Waals surface area contributed by atoms with Gasteiger partial charge in [-0.3, -0.25) is 4.79 Å². The second kappa shape index (κ2) is 6.18. The molecule has 2 heterocycles. The van der Waals surface area contributed by atoms with Crippen molar-refractivity contribution in [1.29, 1.82) is 0 Å². The highest BCUT2D eigenvalue weighted by molar-refractivity contribution is 7.99. The van der Waals surface area contributed by atoms with Gasteiger partial charge in [0.1, 0.15) is 0 Å². The summed E-state index contributed by atoms with van der Waals surface area (Å²) in [7, 11) is 0. The van der Waals surface area contributed by atoms with Gasteiger partial charge in [-0.25, -0.2) is 0 Å². The van der Waals surface area contributed by atoms with E-state index in [-0.39, 0.29) is 5.91 Å². The predicted molar refractivity (Wildman–Crippen MR) is 80.9 cm³/mol. The maximum Gasteiger partial charge on any atom is 0.289 e. The lowest BCUT2D eigenvalue weighted by molar-refractivity contribution is 0.0734. The average Bonchev–Trinajstić information content (AvgIpc) is 2.92. The first-order valence-corrected chi connectivity index (χ1v) is 7.89. The SMILES string of the molecule is O=C(c1ccco1)N1CCSC(c2ccccc2)CC1. The van der Waals surface area contributed by atoms with Crippen molar-refractivity contribution in [3.8, 4) is 0 Å². The molecule has 0 N–H and O–H groups in total. The van der Waals surface area contributed by atoms with Crippen LogP contribution in [0.3, 0.4) is 0 Å². The van der Waals surface area contributed by atoms with Gasteiger partial charge in [-0.15, -0.1) is 0 Å². The average molecular weight is 287 g/mol. The molecule has 1 unspecified atom stereocenters. The second-order valence-corrected chi connectivity index (χ2v) is 6.14. The molecule has 20 heavy (non-hydrogen) atoms. The summed E-state index contributed by atoms with van der Waals surface area (Å²) in [6, 6.07) is 14.0. The Kier molecular flexibility index (Phi) is 4.11. The number of hydrogen-bond donors (Lipinski definition) is 0. The molecule has 1 aliphatic heterocycles. The first-order valence-electron chi connectivity index (χ1n) is 6.84. The van der Waals surface area contributed by atoms with Gasteiger partial charge in [0.2, 0.25) is 0 Å².